The summed E-state index contributed by atoms with van der Waals surface area (Å²) >= 11 is 0. The molecule has 0 unspecified atom stereocenters. The summed E-state index contributed by atoms with van der Waals surface area (Å²) in [6, 6.07) is 8.90. The number of benzene rings is 1. The molecular weight excluding hydrogens is 260 g/mol. The van der Waals surface area contributed by atoms with E-state index in [0.29, 0.717) is 17.7 Å². The molecule has 0 spiro atoms. The van der Waals surface area contributed by atoms with E-state index in [4.69, 9.17) is 0 Å². The second-order valence-corrected chi connectivity index (χ2v) is 6.69. The van der Waals surface area contributed by atoms with Gasteiger partial charge in [0.05, 0.1) is 0 Å². The minimum absolute atomic E-state index is 0.335. The van der Waals surface area contributed by atoms with Crippen molar-refractivity contribution in [2.24, 2.45) is 5.92 Å². The lowest BCUT2D eigenvalue weighted by molar-refractivity contribution is -0.138. The Morgan fingerprint density at radius 2 is 1.67 bits per heavy atom. The number of anilines is 1. The lowest BCUT2D eigenvalue weighted by Gasteiger charge is -2.39. The Bertz CT molecular complexity index is 482. The molecule has 2 fully saturated rings. The molecule has 2 aliphatic rings. The van der Waals surface area contributed by atoms with E-state index in [0.717, 1.165) is 39.0 Å². The first kappa shape index (κ1) is 14.4. The minimum atomic E-state index is 0.335. The van der Waals surface area contributed by atoms with Gasteiger partial charge in [0.25, 0.3) is 0 Å². The van der Waals surface area contributed by atoms with Gasteiger partial charge in [-0.3, -0.25) is 4.79 Å². The Morgan fingerprint density at radius 3 is 2.14 bits per heavy atom. The molecule has 0 bridgehead atoms. The molecule has 1 amide bonds. The highest BCUT2D eigenvalue weighted by molar-refractivity contribution is 5.79. The van der Waals surface area contributed by atoms with Gasteiger partial charge in [-0.05, 0) is 36.5 Å². The molecule has 1 saturated heterocycles. The molecule has 21 heavy (non-hydrogen) atoms. The van der Waals surface area contributed by atoms with E-state index in [9.17, 15) is 4.79 Å². The van der Waals surface area contributed by atoms with Crippen LogP contribution in [0, 0.1) is 5.92 Å². The first-order chi connectivity index (χ1) is 10.1. The standard InChI is InChI=1S/C18H26N2O/c1-14(2)15-6-8-17(9-7-15)19-10-12-20(13-11-19)18(21)16-4-3-5-16/h6-9,14,16H,3-5,10-13H2,1-2H3. The molecule has 0 N–H and O–H groups in total. The molecule has 3 heteroatoms. The summed E-state index contributed by atoms with van der Waals surface area (Å²) < 4.78 is 0. The van der Waals surface area contributed by atoms with Crippen molar-refractivity contribution >= 4 is 11.6 Å². The van der Waals surface area contributed by atoms with Crippen LogP contribution in [0.3, 0.4) is 0 Å². The van der Waals surface area contributed by atoms with Crippen LogP contribution >= 0.6 is 0 Å². The van der Waals surface area contributed by atoms with Crippen LogP contribution in [-0.4, -0.2) is 37.0 Å². The van der Waals surface area contributed by atoms with Gasteiger partial charge in [-0.25, -0.2) is 0 Å². The molecule has 1 aromatic carbocycles. The van der Waals surface area contributed by atoms with Crippen molar-refractivity contribution in [1.29, 1.82) is 0 Å². The number of hydrogen-bond donors (Lipinski definition) is 0. The molecule has 3 nitrogen and oxygen atoms in total. The van der Waals surface area contributed by atoms with Crippen LogP contribution in [0.4, 0.5) is 5.69 Å². The number of rotatable bonds is 3. The van der Waals surface area contributed by atoms with Crippen LogP contribution in [0.1, 0.15) is 44.6 Å². The first-order valence-corrected chi connectivity index (χ1v) is 8.29. The Balaban J connectivity index is 1.56. The quantitative estimate of drug-likeness (QED) is 0.851. The van der Waals surface area contributed by atoms with Crippen LogP contribution in [0.15, 0.2) is 24.3 Å². The van der Waals surface area contributed by atoms with E-state index in [1.54, 1.807) is 0 Å². The van der Waals surface area contributed by atoms with Gasteiger partial charge in [0.2, 0.25) is 5.91 Å². The lowest BCUT2D eigenvalue weighted by Crippen LogP contribution is -2.51. The van der Waals surface area contributed by atoms with E-state index in [1.807, 2.05) is 0 Å². The molecular formula is C18H26N2O. The highest BCUT2D eigenvalue weighted by Crippen LogP contribution is 2.29. The zero-order valence-corrected chi connectivity index (χ0v) is 13.2. The highest BCUT2D eigenvalue weighted by Gasteiger charge is 2.31. The van der Waals surface area contributed by atoms with Gasteiger partial charge < -0.3 is 9.80 Å². The van der Waals surface area contributed by atoms with Crippen molar-refractivity contribution in [3.05, 3.63) is 29.8 Å². The maximum atomic E-state index is 12.3. The number of carbonyl (C=O) groups excluding carboxylic acids is 1. The summed E-state index contributed by atoms with van der Waals surface area (Å²) in [5.41, 5.74) is 2.67. The average Bonchev–Trinajstić information content (AvgIpc) is 2.46. The summed E-state index contributed by atoms with van der Waals surface area (Å²) in [4.78, 5) is 16.7. The van der Waals surface area contributed by atoms with E-state index >= 15 is 0 Å². The molecule has 1 aromatic rings. The molecule has 3 rings (SSSR count). The zero-order valence-electron chi connectivity index (χ0n) is 13.2. The van der Waals surface area contributed by atoms with Crippen LogP contribution in [0.5, 0.6) is 0 Å². The molecule has 1 saturated carbocycles. The molecule has 0 radical (unpaired) electrons. The average molecular weight is 286 g/mol. The number of piperazine rings is 1. The Kier molecular flexibility index (Phi) is 4.18. The monoisotopic (exact) mass is 286 g/mol. The van der Waals surface area contributed by atoms with Crippen molar-refractivity contribution in [3.8, 4) is 0 Å². The molecule has 0 aromatic heterocycles. The third-order valence-corrected chi connectivity index (χ3v) is 4.97. The smallest absolute Gasteiger partial charge is 0.225 e. The van der Waals surface area contributed by atoms with Gasteiger partial charge in [0.15, 0.2) is 0 Å². The van der Waals surface area contributed by atoms with Gasteiger partial charge in [-0.15, -0.1) is 0 Å². The fraction of sp³-hybridized carbons (Fsp3) is 0.611. The van der Waals surface area contributed by atoms with E-state index in [1.165, 1.54) is 17.7 Å². The van der Waals surface area contributed by atoms with E-state index < -0.39 is 0 Å². The van der Waals surface area contributed by atoms with E-state index in [-0.39, 0.29) is 0 Å². The van der Waals surface area contributed by atoms with Crippen molar-refractivity contribution < 1.29 is 4.79 Å². The topological polar surface area (TPSA) is 23.6 Å². The summed E-state index contributed by atoms with van der Waals surface area (Å²) in [7, 11) is 0. The second-order valence-electron chi connectivity index (χ2n) is 6.69. The fourth-order valence-corrected chi connectivity index (χ4v) is 3.17. The highest BCUT2D eigenvalue weighted by atomic mass is 16.2. The number of amides is 1. The van der Waals surface area contributed by atoms with Crippen LogP contribution in [0.2, 0.25) is 0 Å². The SMILES string of the molecule is CC(C)c1ccc(N2CCN(C(=O)C3CCC3)CC2)cc1. The molecule has 114 valence electrons. The van der Waals surface area contributed by atoms with Gasteiger partial charge >= 0.3 is 0 Å². The third-order valence-electron chi connectivity index (χ3n) is 4.97. The molecule has 1 aliphatic heterocycles. The van der Waals surface area contributed by atoms with Crippen LogP contribution in [-0.2, 0) is 4.79 Å². The lowest BCUT2D eigenvalue weighted by atomic mass is 9.84. The van der Waals surface area contributed by atoms with E-state index in [2.05, 4.69) is 47.9 Å². The Hall–Kier alpha value is -1.51. The van der Waals surface area contributed by atoms with Crippen LogP contribution < -0.4 is 4.90 Å². The molecule has 1 aliphatic carbocycles. The first-order valence-electron chi connectivity index (χ1n) is 8.29. The fourth-order valence-electron chi connectivity index (χ4n) is 3.17. The number of hydrogen-bond acceptors (Lipinski definition) is 2. The Morgan fingerprint density at radius 1 is 1.05 bits per heavy atom. The van der Waals surface area contributed by atoms with Gasteiger partial charge in [0.1, 0.15) is 0 Å². The second kappa shape index (κ2) is 6.08. The summed E-state index contributed by atoms with van der Waals surface area (Å²) in [6.45, 7) is 8.11. The number of carbonyl (C=O) groups is 1. The minimum Gasteiger partial charge on any atom is -0.368 e. The molecule has 1 heterocycles. The third kappa shape index (κ3) is 3.07. The normalized spacial score (nSPS) is 19.8. The van der Waals surface area contributed by atoms with Gasteiger partial charge in [-0.1, -0.05) is 32.4 Å². The van der Waals surface area contributed by atoms with Gasteiger partial charge in [-0.2, -0.15) is 0 Å². The molecule has 0 atom stereocenters. The largest absolute Gasteiger partial charge is 0.368 e. The number of nitrogens with zero attached hydrogens (tertiary/aromatic N) is 2. The maximum Gasteiger partial charge on any atom is 0.225 e. The maximum absolute atomic E-state index is 12.3. The summed E-state index contributed by atoms with van der Waals surface area (Å²) in [5.74, 6) is 1.31. The van der Waals surface area contributed by atoms with Crippen molar-refractivity contribution in [1.82, 2.24) is 4.90 Å². The predicted octanol–water partition coefficient (Wildman–Crippen LogP) is 3.26. The van der Waals surface area contributed by atoms with Crippen molar-refractivity contribution in [2.45, 2.75) is 39.0 Å². The summed E-state index contributed by atoms with van der Waals surface area (Å²) in [6.07, 6.45) is 3.45. The predicted molar refractivity (Wildman–Crippen MR) is 86.7 cm³/mol. The van der Waals surface area contributed by atoms with Gasteiger partial charge in [0, 0.05) is 37.8 Å². The Labute approximate surface area is 127 Å². The van der Waals surface area contributed by atoms with Crippen molar-refractivity contribution in [3.63, 3.8) is 0 Å². The summed E-state index contributed by atoms with van der Waals surface area (Å²) in [5, 5.41) is 0. The van der Waals surface area contributed by atoms with Crippen LogP contribution in [0.25, 0.3) is 0 Å². The van der Waals surface area contributed by atoms with Crippen molar-refractivity contribution in [2.75, 3.05) is 31.1 Å². The zero-order chi connectivity index (χ0) is 14.8.